The average molecular weight is 1460 g/mol. The third-order valence-corrected chi connectivity index (χ3v) is 18.0. The minimum atomic E-state index is -3.06. The molecule has 0 saturated carbocycles. The van der Waals surface area contributed by atoms with Crippen molar-refractivity contribution in [2.75, 3.05) is 59.5 Å². The van der Waals surface area contributed by atoms with Gasteiger partial charge in [0.25, 0.3) is 0 Å². The van der Waals surface area contributed by atoms with E-state index in [1.165, 1.54) is 0 Å². The Morgan fingerprint density at radius 3 is 1.51 bits per heavy atom. The lowest BCUT2D eigenvalue weighted by Crippen LogP contribution is -2.70. The molecule has 0 aromatic heterocycles. The highest BCUT2D eigenvalue weighted by atomic mass is 16.8. The Morgan fingerprint density at radius 1 is 0.465 bits per heavy atom. The van der Waals surface area contributed by atoms with Gasteiger partial charge in [0.15, 0.2) is 50.1 Å². The van der Waals surface area contributed by atoms with Crippen molar-refractivity contribution in [3.8, 4) is 0 Å². The number of amides is 2. The Balaban J connectivity index is 1.21. The molecule has 8 aliphatic heterocycles. The third-order valence-electron chi connectivity index (χ3n) is 18.0. The van der Waals surface area contributed by atoms with E-state index in [-0.39, 0.29) is 0 Å². The van der Waals surface area contributed by atoms with Gasteiger partial charge >= 0.3 is 6.09 Å². The molecule has 0 aliphatic carbocycles. The van der Waals surface area contributed by atoms with Gasteiger partial charge in [0.2, 0.25) is 11.7 Å². The van der Waals surface area contributed by atoms with Crippen molar-refractivity contribution in [1.29, 1.82) is 0 Å². The maximum absolute atomic E-state index is 12.6. The molecule has 0 spiro atoms. The molecule has 0 aromatic rings. The molecule has 8 aliphatic rings. The zero-order valence-corrected chi connectivity index (χ0v) is 52.0. The average Bonchev–Trinajstić information content (AvgIpc) is 1.71. The molecule has 41 unspecified atom stereocenters. The lowest BCUT2D eigenvalue weighted by atomic mass is 9.92. The second-order valence-corrected chi connectivity index (χ2v) is 24.6. The van der Waals surface area contributed by atoms with Crippen molar-refractivity contribution >= 4 is 12.0 Å². The zero-order valence-electron chi connectivity index (χ0n) is 52.0. The molecule has 2 amide bonds. The molecule has 8 rings (SSSR count). The quantitative estimate of drug-likeness (QED) is 0.0363. The first kappa shape index (κ1) is 81.8. The van der Waals surface area contributed by atoms with Crippen molar-refractivity contribution in [1.82, 2.24) is 5.32 Å². The maximum Gasteiger partial charge on any atom is 0.404 e. The first-order chi connectivity index (χ1) is 46.8. The fourth-order valence-electron chi connectivity index (χ4n) is 12.4. The van der Waals surface area contributed by atoms with Crippen molar-refractivity contribution in [2.24, 2.45) is 5.73 Å². The Hall–Kier alpha value is -2.90. The molecule has 8 heterocycles. The van der Waals surface area contributed by atoms with Crippen LogP contribution in [0.2, 0.25) is 0 Å². The van der Waals surface area contributed by atoms with E-state index in [9.17, 15) is 142 Å². The van der Waals surface area contributed by atoms with Crippen LogP contribution in [-0.2, 0) is 80.6 Å². The van der Waals surface area contributed by atoms with Crippen LogP contribution in [0, 0.1) is 0 Å². The normalized spacial score (nSPS) is 49.3. The van der Waals surface area contributed by atoms with E-state index >= 15 is 0 Å². The van der Waals surface area contributed by atoms with Gasteiger partial charge in [-0.15, -0.1) is 0 Å². The molecule has 0 radical (unpaired) electrons. The van der Waals surface area contributed by atoms with Crippen LogP contribution >= 0.6 is 0 Å². The van der Waals surface area contributed by atoms with Gasteiger partial charge < -0.3 is 220 Å². The highest BCUT2D eigenvalue weighted by molar-refractivity contribution is 5.73. The number of aliphatic hydroxyl groups excluding tert-OH is 26. The predicted octanol–water partition coefficient (Wildman–Crippen LogP) is -19.5. The van der Waals surface area contributed by atoms with Gasteiger partial charge in [-0.05, 0) is 0 Å². The van der Waals surface area contributed by atoms with Gasteiger partial charge in [0.1, 0.15) is 202 Å². The lowest BCUT2D eigenvalue weighted by Gasteiger charge is -2.51. The number of carbonyl (C=O) groups is 2. The molecule has 0 bridgehead atoms. The largest absolute Gasteiger partial charge is 0.441 e. The number of nitrogens with two attached hydrogens (primary N) is 1. The molecule has 0 aromatic carbocycles. The Labute approximate surface area is 557 Å². The number of rotatable bonds is 27. The summed E-state index contributed by atoms with van der Waals surface area (Å²) < 4.78 is 92.5. The number of nitrogens with one attached hydrogen (secondary N) is 1. The van der Waals surface area contributed by atoms with Crippen LogP contribution in [0.5, 0.6) is 0 Å². The number of primary amides is 1. The van der Waals surface area contributed by atoms with Crippen LogP contribution < -0.4 is 11.1 Å². The fourth-order valence-corrected chi connectivity index (χ4v) is 12.4. The maximum atomic E-state index is 12.6. The summed E-state index contributed by atoms with van der Waals surface area (Å²) in [5.41, 5.74) is 5.08. The Bertz CT molecular complexity index is 2510. The highest BCUT2D eigenvalue weighted by Gasteiger charge is 2.65. The van der Waals surface area contributed by atoms with Crippen LogP contribution in [-0.4, -0.2) is 455 Å². The van der Waals surface area contributed by atoms with Gasteiger partial charge in [0.05, 0.1) is 52.9 Å². The number of hydrogen-bond donors (Lipinski definition) is 28. The number of carbonyl (C=O) groups excluding carboxylic acids is 2. The number of hydrogen-bond acceptors (Lipinski definition) is 44. The molecular weight excluding hydrogens is 1370 g/mol. The first-order valence-corrected chi connectivity index (χ1v) is 31.0. The first-order valence-electron chi connectivity index (χ1n) is 31.0. The van der Waals surface area contributed by atoms with E-state index < -0.39 is 323 Å². The second kappa shape index (κ2) is 35.0. The van der Waals surface area contributed by atoms with Crippen LogP contribution in [0.3, 0.4) is 0 Å². The standard InChI is InChI=1S/C53H90N2O44/c1-11(63)55-20-26(71)21(66)14(4-58)86-45(20)84-9-19(90-47-33(78)27(72)22(67)15(5-59)87-47)40-42(95-51-43(30(75)29(74)38(92-51)12(64)2-56)96-46-32(77)24(69)18(8-85-46)91-52(54)83)31(76)35(80)49(93-40)94-41-25(70)17(7-61)89-50(37(41)82)99-53(10-62)44(36(81)39(98-53)13(65)3-57)97-48-34(79)28(73)23(68)16(6-60)88-48/h12-51,56-62,64-82H,2-10H2,1H3,(H2,54,83)(H,55,63). The summed E-state index contributed by atoms with van der Waals surface area (Å²) in [5.74, 6) is -3.96. The molecule has 576 valence electrons. The molecule has 41 atom stereocenters. The van der Waals surface area contributed by atoms with Crippen LogP contribution in [0.25, 0.3) is 0 Å². The summed E-state index contributed by atoms with van der Waals surface area (Å²) in [4.78, 5) is 24.2. The van der Waals surface area contributed by atoms with Crippen molar-refractivity contribution in [3.63, 3.8) is 0 Å². The fraction of sp³-hybridized carbons (Fsp3) is 0.962. The van der Waals surface area contributed by atoms with E-state index in [1.807, 2.05) is 0 Å². The topological polar surface area (TPSA) is 746 Å². The highest BCUT2D eigenvalue weighted by Crippen LogP contribution is 2.43. The second-order valence-electron chi connectivity index (χ2n) is 24.6. The third kappa shape index (κ3) is 17.3. The van der Waals surface area contributed by atoms with Crippen LogP contribution in [0.15, 0.2) is 0 Å². The molecule has 8 fully saturated rings. The van der Waals surface area contributed by atoms with Gasteiger partial charge in [0, 0.05) is 6.92 Å². The summed E-state index contributed by atoms with van der Waals surface area (Å²) in [6.07, 6.45) is -89.2. The van der Waals surface area contributed by atoms with E-state index in [0.29, 0.717) is 0 Å². The zero-order chi connectivity index (χ0) is 73.1. The SMILES string of the molecule is CC(=O)NC1C(OCC(OC2OC(CO)C(O)C(O)C2O)C2OC(OC3C(O)C(CO)OC(OC4(CO)OC(C(O)CO)C(O)C4OC4OC(CO)C(O)C(O)C4O)C3O)C(O)C(O)C2OC2OC(C(O)CO)C(O)C(O)C2OC2OCC(OC(N)=O)C(O)C2O)OC(CO)C(O)C1O. The predicted molar refractivity (Wildman–Crippen MR) is 297 cm³/mol. The van der Waals surface area contributed by atoms with Gasteiger partial charge in [-0.1, -0.05) is 0 Å². The molecular formula is C53H90N2O44. The van der Waals surface area contributed by atoms with Gasteiger partial charge in [-0.2, -0.15) is 0 Å². The smallest absolute Gasteiger partial charge is 0.404 e. The minimum absolute atomic E-state index is 0.808. The van der Waals surface area contributed by atoms with Crippen molar-refractivity contribution in [2.45, 2.75) is 258 Å². The van der Waals surface area contributed by atoms with Crippen molar-refractivity contribution < 1.29 is 218 Å². The van der Waals surface area contributed by atoms with Crippen LogP contribution in [0.4, 0.5) is 4.79 Å². The summed E-state index contributed by atoms with van der Waals surface area (Å²) in [5, 5.41) is 289. The van der Waals surface area contributed by atoms with Gasteiger partial charge in [-0.25, -0.2) is 4.79 Å². The lowest BCUT2D eigenvalue weighted by molar-refractivity contribution is -0.419. The van der Waals surface area contributed by atoms with Gasteiger partial charge in [-0.3, -0.25) is 4.79 Å². The van der Waals surface area contributed by atoms with E-state index in [0.717, 1.165) is 6.92 Å². The summed E-state index contributed by atoms with van der Waals surface area (Å²) >= 11 is 0. The Morgan fingerprint density at radius 2 is 0.939 bits per heavy atom. The number of aliphatic hydroxyl groups is 26. The molecule has 46 heteroatoms. The van der Waals surface area contributed by atoms with E-state index in [4.69, 9.17) is 81.5 Å². The van der Waals surface area contributed by atoms with Crippen molar-refractivity contribution in [3.05, 3.63) is 0 Å². The Kier molecular flexibility index (Phi) is 28.9. The van der Waals surface area contributed by atoms with Crippen LogP contribution in [0.1, 0.15) is 6.92 Å². The van der Waals surface area contributed by atoms with E-state index in [2.05, 4.69) is 5.32 Å². The number of ether oxygens (including phenoxy) is 16. The molecule has 8 saturated heterocycles. The monoisotopic (exact) mass is 1460 g/mol. The van der Waals surface area contributed by atoms with E-state index in [1.54, 1.807) is 0 Å². The minimum Gasteiger partial charge on any atom is -0.441 e. The summed E-state index contributed by atoms with van der Waals surface area (Å²) in [6, 6.07) is -1.81. The molecule has 29 N–H and O–H groups in total. The molecule has 46 nitrogen and oxygen atoms in total. The summed E-state index contributed by atoms with van der Waals surface area (Å²) in [7, 11) is 0. The summed E-state index contributed by atoms with van der Waals surface area (Å²) in [6.45, 7) is -9.63. The molecule has 99 heavy (non-hydrogen) atoms.